The van der Waals surface area contributed by atoms with E-state index in [4.69, 9.17) is 33.2 Å². The topological polar surface area (TPSA) is 155 Å². The van der Waals surface area contributed by atoms with Crippen LogP contribution in [0.2, 0.25) is 0 Å². The van der Waals surface area contributed by atoms with Crippen LogP contribution in [-0.2, 0) is 38.0 Å². The lowest BCUT2D eigenvalue weighted by molar-refractivity contribution is -0.342. The number of oxime groups is 1. The van der Waals surface area contributed by atoms with Crippen molar-refractivity contribution in [3.05, 3.63) is 47.1 Å². The van der Waals surface area contributed by atoms with Crippen LogP contribution in [0.3, 0.4) is 0 Å². The predicted molar refractivity (Wildman–Crippen MR) is 203 cm³/mol. The molecule has 7 rings (SSSR count). The molecule has 0 radical (unpaired) electrons. The van der Waals surface area contributed by atoms with Gasteiger partial charge in [-0.15, -0.1) is 0 Å². The summed E-state index contributed by atoms with van der Waals surface area (Å²) in [5.41, 5.74) is 0.362. The van der Waals surface area contributed by atoms with Gasteiger partial charge in [-0.2, -0.15) is 0 Å². The molecule has 1 saturated carbocycles. The lowest BCUT2D eigenvalue weighted by Gasteiger charge is -2.51. The largest absolute Gasteiger partial charge is 0.462 e. The first kappa shape index (κ1) is 40.8. The van der Waals surface area contributed by atoms with Crippen LogP contribution in [0.5, 0.6) is 0 Å². The SMILES string of the molecule is CO[C@H]1C[C@H](O[C@@H]2/C(C)=C/C[C@@H]3CC(C[C@]4(CC[C@H](C)[C@@H](C5CCCCC5)O4)O3)OC(=O)C3C=C(C)/C(=N\O)[C@H]4OC/C(=C\C=C\[C@@H]2C)[C@@]34O)O[C@@H](C)[C@@H]1O. The van der Waals surface area contributed by atoms with Crippen LogP contribution in [0.15, 0.2) is 52.3 Å². The van der Waals surface area contributed by atoms with Crippen molar-refractivity contribution < 1.29 is 53.4 Å². The van der Waals surface area contributed by atoms with E-state index in [1.54, 1.807) is 26.2 Å². The highest BCUT2D eigenvalue weighted by molar-refractivity contribution is 6.06. The fourth-order valence-corrected chi connectivity index (χ4v) is 10.4. The second-order valence-electron chi connectivity index (χ2n) is 17.4. The Balaban J connectivity index is 1.25. The molecule has 0 aromatic carbocycles. The summed E-state index contributed by atoms with van der Waals surface area (Å²) < 4.78 is 45.1. The molecule has 0 amide bonds. The number of fused-ring (bicyclic) bond motifs is 2. The Morgan fingerprint density at radius 2 is 1.80 bits per heavy atom. The van der Waals surface area contributed by atoms with Crippen molar-refractivity contribution in [1.82, 2.24) is 0 Å². The van der Waals surface area contributed by atoms with E-state index in [2.05, 4.69) is 32.0 Å². The molecular weight excluding hydrogens is 706 g/mol. The van der Waals surface area contributed by atoms with Gasteiger partial charge in [0.2, 0.25) is 0 Å². The van der Waals surface area contributed by atoms with Gasteiger partial charge in [-0.05, 0) is 75.0 Å². The number of ether oxygens (including phenoxy) is 7. The van der Waals surface area contributed by atoms with Crippen molar-refractivity contribution in [3.63, 3.8) is 0 Å². The number of hydrogen-bond acceptors (Lipinski definition) is 12. The molecule has 3 N–H and O–H groups in total. The summed E-state index contributed by atoms with van der Waals surface area (Å²) in [6.07, 6.45) is 14.4. The number of rotatable bonds is 4. The second-order valence-corrected chi connectivity index (χ2v) is 17.4. The first-order valence-electron chi connectivity index (χ1n) is 20.7. The number of aliphatic hydroxyl groups excluding tert-OH is 1. The maximum atomic E-state index is 14.4. The quantitative estimate of drug-likeness (QED) is 0.132. The summed E-state index contributed by atoms with van der Waals surface area (Å²) in [5.74, 6) is -1.83. The van der Waals surface area contributed by atoms with E-state index in [9.17, 15) is 20.2 Å². The lowest BCUT2D eigenvalue weighted by atomic mass is 9.71. The summed E-state index contributed by atoms with van der Waals surface area (Å²) in [6.45, 7) is 10.0. The van der Waals surface area contributed by atoms with Gasteiger partial charge in [0.05, 0.1) is 37.1 Å². The van der Waals surface area contributed by atoms with E-state index in [1.807, 2.05) is 19.1 Å². The number of carbonyl (C=O) groups is 1. The molecule has 2 unspecified atom stereocenters. The molecule has 1 spiro atoms. The number of methoxy groups -OCH3 is 1. The van der Waals surface area contributed by atoms with Crippen molar-refractivity contribution in [2.24, 2.45) is 28.8 Å². The normalized spacial score (nSPS) is 47.9. The van der Waals surface area contributed by atoms with E-state index in [0.717, 1.165) is 24.8 Å². The van der Waals surface area contributed by atoms with Gasteiger partial charge < -0.3 is 48.6 Å². The summed E-state index contributed by atoms with van der Waals surface area (Å²) in [6, 6.07) is 0. The highest BCUT2D eigenvalue weighted by Crippen LogP contribution is 2.48. The molecule has 55 heavy (non-hydrogen) atoms. The Kier molecular flexibility index (Phi) is 12.5. The summed E-state index contributed by atoms with van der Waals surface area (Å²) in [5, 5.41) is 36.7. The smallest absolute Gasteiger partial charge is 0.316 e. The molecule has 5 heterocycles. The summed E-state index contributed by atoms with van der Waals surface area (Å²) >= 11 is 0. The van der Waals surface area contributed by atoms with Crippen molar-refractivity contribution in [2.45, 2.75) is 172 Å². The van der Waals surface area contributed by atoms with E-state index < -0.39 is 66.2 Å². The van der Waals surface area contributed by atoms with Crippen LogP contribution in [0.1, 0.15) is 105 Å². The van der Waals surface area contributed by atoms with E-state index >= 15 is 0 Å². The molecule has 306 valence electrons. The molecule has 5 aliphatic heterocycles. The standard InChI is InChI=1S/C43H63NO11/c1-24-11-10-14-30-23-50-40-36(44-48)27(4)19-33(43(30,40)47)41(46)52-32-20-31(16-15-25(2)38(24)53-35-21-34(49-6)37(45)28(5)51-35)54-42(22-32)18-17-26(3)39(55-42)29-12-8-7-9-13-29/h10-11,14-15,19,24,26,28-29,31-35,37-40,45,47-48H,7-9,12-13,16-18,20-23H2,1-6H3/b11-10+,25-15+,30-14+,44-36+/t24-,26-,28-,31+,32?,33?,34-,35-,37-,38-,39-,40+,42+,43+/m0/s1. The maximum absolute atomic E-state index is 14.4. The lowest BCUT2D eigenvalue weighted by Crippen LogP contribution is -2.57. The second kappa shape index (κ2) is 16.8. The third kappa shape index (κ3) is 8.17. The molecule has 0 aromatic heterocycles. The average molecular weight is 770 g/mol. The van der Waals surface area contributed by atoms with Gasteiger partial charge in [-0.3, -0.25) is 4.79 Å². The molecule has 12 nitrogen and oxygen atoms in total. The minimum Gasteiger partial charge on any atom is -0.462 e. The van der Waals surface area contributed by atoms with Crippen molar-refractivity contribution in [1.29, 1.82) is 0 Å². The highest BCUT2D eigenvalue weighted by atomic mass is 16.7. The Morgan fingerprint density at radius 3 is 2.55 bits per heavy atom. The first-order chi connectivity index (χ1) is 26.4. The minimum absolute atomic E-state index is 0.0359. The van der Waals surface area contributed by atoms with Gasteiger partial charge >= 0.3 is 5.97 Å². The summed E-state index contributed by atoms with van der Waals surface area (Å²) in [4.78, 5) is 14.4. The number of carbonyl (C=O) groups excluding carboxylic acids is 1. The van der Waals surface area contributed by atoms with E-state index in [0.29, 0.717) is 55.1 Å². The average Bonchev–Trinajstić information content (AvgIpc) is 3.50. The zero-order valence-electron chi connectivity index (χ0n) is 33.4. The van der Waals surface area contributed by atoms with Crippen molar-refractivity contribution >= 4 is 11.7 Å². The number of nitrogens with zero attached hydrogens (tertiary/aromatic N) is 1. The van der Waals surface area contributed by atoms with Gasteiger partial charge in [0, 0.05) is 38.7 Å². The molecule has 12 heteroatoms. The molecule has 7 aliphatic rings. The number of allylic oxidation sites excluding steroid dienone is 2. The molecule has 2 bridgehead atoms. The third-order valence-electron chi connectivity index (χ3n) is 13.6. The van der Waals surface area contributed by atoms with Crippen molar-refractivity contribution in [2.75, 3.05) is 13.7 Å². The first-order valence-corrected chi connectivity index (χ1v) is 20.7. The predicted octanol–water partition coefficient (Wildman–Crippen LogP) is 6.07. The fraction of sp³-hybridized carbons (Fsp3) is 0.767. The van der Waals surface area contributed by atoms with Gasteiger partial charge in [0.25, 0.3) is 0 Å². The van der Waals surface area contributed by atoms with E-state index in [-0.39, 0.29) is 30.4 Å². The third-order valence-corrected chi connectivity index (χ3v) is 13.6. The fourth-order valence-electron chi connectivity index (χ4n) is 10.4. The van der Waals surface area contributed by atoms with Gasteiger partial charge in [-0.1, -0.05) is 68.6 Å². The Hall–Kier alpha value is -2.42. The number of hydrogen-bond donors (Lipinski definition) is 3. The molecular formula is C43H63NO11. The highest BCUT2D eigenvalue weighted by Gasteiger charge is 2.60. The van der Waals surface area contributed by atoms with Crippen LogP contribution in [0.25, 0.3) is 0 Å². The Bertz CT molecular complexity index is 1550. The van der Waals surface area contributed by atoms with E-state index in [1.165, 1.54) is 19.3 Å². The number of esters is 1. The maximum Gasteiger partial charge on any atom is 0.316 e. The molecule has 2 aliphatic carbocycles. The van der Waals surface area contributed by atoms with Crippen LogP contribution in [0, 0.1) is 23.7 Å². The van der Waals surface area contributed by atoms with Crippen LogP contribution in [0.4, 0.5) is 0 Å². The van der Waals surface area contributed by atoms with Crippen LogP contribution < -0.4 is 0 Å². The zero-order chi connectivity index (χ0) is 39.1. The molecule has 0 aromatic rings. The summed E-state index contributed by atoms with van der Waals surface area (Å²) in [7, 11) is 1.59. The molecule has 4 saturated heterocycles. The van der Waals surface area contributed by atoms with Crippen LogP contribution in [-0.4, -0.2) is 107 Å². The Labute approximate surface area is 325 Å². The number of aliphatic hydroxyl groups is 2. The van der Waals surface area contributed by atoms with Crippen molar-refractivity contribution in [3.8, 4) is 0 Å². The molecule has 14 atom stereocenters. The van der Waals surface area contributed by atoms with Gasteiger partial charge in [-0.25, -0.2) is 0 Å². The molecule has 5 fully saturated rings. The monoisotopic (exact) mass is 769 g/mol. The Morgan fingerprint density at radius 1 is 1.02 bits per heavy atom. The zero-order valence-corrected chi connectivity index (χ0v) is 33.4. The van der Waals surface area contributed by atoms with Gasteiger partial charge in [0.15, 0.2) is 12.1 Å². The minimum atomic E-state index is -1.83. The van der Waals surface area contributed by atoms with Crippen LogP contribution >= 0.6 is 0 Å². The van der Waals surface area contributed by atoms with Gasteiger partial charge in [0.1, 0.15) is 35.5 Å².